The highest BCUT2D eigenvalue weighted by Gasteiger charge is 2.19. The fourth-order valence-electron chi connectivity index (χ4n) is 2.33. The fourth-order valence-corrected chi connectivity index (χ4v) is 2.86. The lowest BCUT2D eigenvalue weighted by Gasteiger charge is -2.05. The first-order valence-electron chi connectivity index (χ1n) is 6.31. The number of halogens is 2. The molecule has 0 fully saturated rings. The van der Waals surface area contributed by atoms with E-state index < -0.39 is 11.9 Å². The van der Waals surface area contributed by atoms with Gasteiger partial charge in [-0.15, -0.1) is 0 Å². The molecule has 0 amide bonds. The van der Waals surface area contributed by atoms with Gasteiger partial charge in [-0.05, 0) is 24.3 Å². The first kappa shape index (κ1) is 14.6. The van der Waals surface area contributed by atoms with Crippen LogP contribution in [0.25, 0.3) is 10.9 Å². The summed E-state index contributed by atoms with van der Waals surface area (Å²) in [6.45, 7) is 0. The molecule has 0 aliphatic heterocycles. The minimum absolute atomic E-state index is 0.0667. The zero-order valence-electron chi connectivity index (χ0n) is 11.1. The van der Waals surface area contributed by atoms with Crippen molar-refractivity contribution in [2.75, 3.05) is 0 Å². The maximum atomic E-state index is 12.7. The first-order chi connectivity index (χ1) is 10.5. The van der Waals surface area contributed by atoms with Crippen LogP contribution in [0.15, 0.2) is 48.7 Å². The molecule has 3 aromatic rings. The molecule has 1 N–H and O–H groups in total. The summed E-state index contributed by atoms with van der Waals surface area (Å²) in [5.74, 6) is -1.49. The summed E-state index contributed by atoms with van der Waals surface area (Å²) < 4.78 is 1.29. The number of fused-ring (bicyclic) bond motifs is 1. The minimum Gasteiger partial charge on any atom is -0.478 e. The summed E-state index contributed by atoms with van der Waals surface area (Å²) in [6.07, 6.45) is 1.31. The molecule has 1 aromatic heterocycles. The molecule has 0 radical (unpaired) electrons. The molecule has 0 saturated heterocycles. The third-order valence-corrected chi connectivity index (χ3v) is 3.71. The van der Waals surface area contributed by atoms with Gasteiger partial charge in [-0.25, -0.2) is 4.79 Å². The zero-order chi connectivity index (χ0) is 15.9. The molecule has 3 rings (SSSR count). The predicted octanol–water partition coefficient (Wildman–Crippen LogP) is 4.33. The molecular weight excluding hydrogens is 325 g/mol. The summed E-state index contributed by atoms with van der Waals surface area (Å²) in [5.41, 5.74) is 0.869. The van der Waals surface area contributed by atoms with Gasteiger partial charge in [0.2, 0.25) is 0 Å². The van der Waals surface area contributed by atoms with Gasteiger partial charge in [-0.2, -0.15) is 0 Å². The normalized spacial score (nSPS) is 10.8. The Morgan fingerprint density at radius 3 is 2.27 bits per heavy atom. The van der Waals surface area contributed by atoms with E-state index in [0.29, 0.717) is 20.9 Å². The average Bonchev–Trinajstić information content (AvgIpc) is 2.85. The van der Waals surface area contributed by atoms with Gasteiger partial charge in [0.25, 0.3) is 5.91 Å². The SMILES string of the molecule is O=C(O)c1cn(C(=O)c2cc(Cl)cc(Cl)c2)c2ccccc12. The highest BCUT2D eigenvalue weighted by molar-refractivity contribution is 6.35. The van der Waals surface area contributed by atoms with Crippen LogP contribution < -0.4 is 0 Å². The van der Waals surface area contributed by atoms with E-state index in [1.807, 2.05) is 0 Å². The largest absolute Gasteiger partial charge is 0.478 e. The Kier molecular flexibility index (Phi) is 3.64. The van der Waals surface area contributed by atoms with Gasteiger partial charge in [0, 0.05) is 27.2 Å². The van der Waals surface area contributed by atoms with Crippen molar-refractivity contribution in [1.82, 2.24) is 4.57 Å². The summed E-state index contributed by atoms with van der Waals surface area (Å²) in [4.78, 5) is 24.0. The number of para-hydroxylation sites is 1. The highest BCUT2D eigenvalue weighted by Crippen LogP contribution is 2.24. The van der Waals surface area contributed by atoms with Crippen molar-refractivity contribution >= 4 is 46.0 Å². The molecule has 6 heteroatoms. The smallest absolute Gasteiger partial charge is 0.337 e. The van der Waals surface area contributed by atoms with Gasteiger partial charge in [0.1, 0.15) is 0 Å². The zero-order valence-corrected chi connectivity index (χ0v) is 12.6. The number of hydrogen-bond acceptors (Lipinski definition) is 2. The molecule has 22 heavy (non-hydrogen) atoms. The molecule has 0 spiro atoms. The third-order valence-electron chi connectivity index (χ3n) is 3.27. The Morgan fingerprint density at radius 1 is 1.00 bits per heavy atom. The molecule has 0 unspecified atom stereocenters. The van der Waals surface area contributed by atoms with Crippen molar-refractivity contribution in [2.24, 2.45) is 0 Å². The van der Waals surface area contributed by atoms with Crippen molar-refractivity contribution in [3.63, 3.8) is 0 Å². The summed E-state index contributed by atoms with van der Waals surface area (Å²) in [5, 5.41) is 10.4. The van der Waals surface area contributed by atoms with E-state index in [4.69, 9.17) is 23.2 Å². The Balaban J connectivity index is 2.21. The van der Waals surface area contributed by atoms with Crippen LogP contribution in [0.1, 0.15) is 20.7 Å². The lowest BCUT2D eigenvalue weighted by molar-refractivity contribution is 0.0699. The van der Waals surface area contributed by atoms with E-state index in [2.05, 4.69) is 0 Å². The molecule has 0 saturated carbocycles. The molecule has 0 aliphatic carbocycles. The first-order valence-corrected chi connectivity index (χ1v) is 7.07. The second kappa shape index (κ2) is 5.48. The quantitative estimate of drug-likeness (QED) is 0.759. The van der Waals surface area contributed by atoms with Crippen LogP contribution in [0.3, 0.4) is 0 Å². The van der Waals surface area contributed by atoms with Crippen LogP contribution >= 0.6 is 23.2 Å². The van der Waals surface area contributed by atoms with Gasteiger partial charge in [0.05, 0.1) is 11.1 Å². The van der Waals surface area contributed by atoms with E-state index in [1.165, 1.54) is 29.0 Å². The van der Waals surface area contributed by atoms with Crippen molar-refractivity contribution < 1.29 is 14.7 Å². The van der Waals surface area contributed by atoms with Crippen molar-refractivity contribution in [3.05, 3.63) is 69.8 Å². The maximum Gasteiger partial charge on any atom is 0.337 e. The number of aromatic carboxylic acids is 1. The van der Waals surface area contributed by atoms with Crippen LogP contribution in [-0.4, -0.2) is 21.6 Å². The van der Waals surface area contributed by atoms with Gasteiger partial charge in [0.15, 0.2) is 0 Å². The van der Waals surface area contributed by atoms with E-state index in [1.54, 1.807) is 24.3 Å². The molecule has 0 atom stereocenters. The number of hydrogen-bond donors (Lipinski definition) is 1. The topological polar surface area (TPSA) is 59.3 Å². The van der Waals surface area contributed by atoms with Crippen molar-refractivity contribution in [1.29, 1.82) is 0 Å². The molecule has 0 aliphatic rings. The summed E-state index contributed by atoms with van der Waals surface area (Å²) in [6, 6.07) is 11.3. The number of carbonyl (C=O) groups is 2. The average molecular weight is 334 g/mol. The Morgan fingerprint density at radius 2 is 1.64 bits per heavy atom. The van der Waals surface area contributed by atoms with Gasteiger partial charge in [-0.1, -0.05) is 41.4 Å². The van der Waals surface area contributed by atoms with E-state index in [-0.39, 0.29) is 11.1 Å². The third kappa shape index (κ3) is 2.47. The molecule has 1 heterocycles. The monoisotopic (exact) mass is 333 g/mol. The number of benzene rings is 2. The molecule has 110 valence electrons. The minimum atomic E-state index is -1.09. The number of carboxylic acid groups (broad SMARTS) is 1. The summed E-state index contributed by atoms with van der Waals surface area (Å²) in [7, 11) is 0. The lowest BCUT2D eigenvalue weighted by atomic mass is 10.2. The number of nitrogens with zero attached hydrogens (tertiary/aromatic N) is 1. The molecule has 4 nitrogen and oxygen atoms in total. The molecule has 0 bridgehead atoms. The van der Waals surface area contributed by atoms with Gasteiger partial charge in [-0.3, -0.25) is 9.36 Å². The van der Waals surface area contributed by atoms with Crippen molar-refractivity contribution in [3.8, 4) is 0 Å². The van der Waals surface area contributed by atoms with Crippen LogP contribution in [-0.2, 0) is 0 Å². The highest BCUT2D eigenvalue weighted by atomic mass is 35.5. The lowest BCUT2D eigenvalue weighted by Crippen LogP contribution is -2.11. The van der Waals surface area contributed by atoms with Gasteiger partial charge >= 0.3 is 5.97 Å². The Bertz CT molecular complexity index is 895. The molecular formula is C16H9Cl2NO3. The second-order valence-electron chi connectivity index (χ2n) is 4.70. The van der Waals surface area contributed by atoms with Crippen molar-refractivity contribution in [2.45, 2.75) is 0 Å². The standard InChI is InChI=1S/C16H9Cl2NO3/c17-10-5-9(6-11(18)7-10)15(20)19-8-13(16(21)22)12-3-1-2-4-14(12)19/h1-8H,(H,21,22). The van der Waals surface area contributed by atoms with Crippen LogP contribution in [0.2, 0.25) is 10.0 Å². The number of carbonyl (C=O) groups excluding carboxylic acids is 1. The van der Waals surface area contributed by atoms with Crippen LogP contribution in [0.4, 0.5) is 0 Å². The number of aromatic nitrogens is 1. The molecule has 2 aromatic carbocycles. The predicted molar refractivity (Wildman–Crippen MR) is 85.1 cm³/mol. The van der Waals surface area contributed by atoms with Gasteiger partial charge < -0.3 is 5.11 Å². The fraction of sp³-hybridized carbons (Fsp3) is 0. The second-order valence-corrected chi connectivity index (χ2v) is 5.57. The number of carboxylic acids is 1. The number of rotatable bonds is 2. The van der Waals surface area contributed by atoms with E-state index in [0.717, 1.165) is 0 Å². The van der Waals surface area contributed by atoms with E-state index >= 15 is 0 Å². The Hall–Kier alpha value is -2.30. The Labute approximate surface area is 135 Å². The van der Waals surface area contributed by atoms with Crippen LogP contribution in [0.5, 0.6) is 0 Å². The van der Waals surface area contributed by atoms with Crippen LogP contribution in [0, 0.1) is 0 Å². The summed E-state index contributed by atoms with van der Waals surface area (Å²) >= 11 is 11.8. The van der Waals surface area contributed by atoms with E-state index in [9.17, 15) is 14.7 Å². The maximum absolute atomic E-state index is 12.7.